The zero-order valence-electron chi connectivity index (χ0n) is 12.7. The van der Waals surface area contributed by atoms with Crippen LogP contribution in [0.25, 0.3) is 5.65 Å². The van der Waals surface area contributed by atoms with E-state index in [0.29, 0.717) is 29.1 Å². The van der Waals surface area contributed by atoms with Crippen LogP contribution in [0.4, 0.5) is 10.1 Å². The van der Waals surface area contributed by atoms with Gasteiger partial charge in [0.25, 0.3) is 5.91 Å². The molecule has 0 aliphatic carbocycles. The minimum absolute atomic E-state index is 0.301. The van der Waals surface area contributed by atoms with E-state index in [9.17, 15) is 9.18 Å². The summed E-state index contributed by atoms with van der Waals surface area (Å²) in [4.78, 5) is 17.1. The highest BCUT2D eigenvalue weighted by Gasteiger charge is 2.19. The number of rotatable bonds is 3. The number of aryl methyl sites for hydroxylation is 2. The number of anilines is 1. The van der Waals surface area contributed by atoms with Gasteiger partial charge in [-0.1, -0.05) is 22.9 Å². The van der Waals surface area contributed by atoms with E-state index in [1.54, 1.807) is 6.07 Å². The summed E-state index contributed by atoms with van der Waals surface area (Å²) in [6, 6.07) is 8.51. The average molecular weight is 376 g/mol. The van der Waals surface area contributed by atoms with Crippen molar-refractivity contribution in [2.45, 2.75) is 20.3 Å². The molecule has 6 heteroatoms. The fourth-order valence-corrected chi connectivity index (χ4v) is 2.98. The molecule has 2 aromatic heterocycles. The molecule has 3 aromatic rings. The van der Waals surface area contributed by atoms with Crippen molar-refractivity contribution in [2.24, 2.45) is 0 Å². The van der Waals surface area contributed by atoms with Crippen LogP contribution in [-0.2, 0) is 6.42 Å². The maximum Gasteiger partial charge on any atom is 0.274 e. The molecule has 0 saturated heterocycles. The molecule has 1 N–H and O–H groups in total. The van der Waals surface area contributed by atoms with Crippen molar-refractivity contribution < 1.29 is 9.18 Å². The van der Waals surface area contributed by atoms with Gasteiger partial charge in [0, 0.05) is 16.4 Å². The number of halogens is 2. The van der Waals surface area contributed by atoms with Crippen LogP contribution in [0.1, 0.15) is 28.7 Å². The second-order valence-electron chi connectivity index (χ2n) is 5.25. The third-order valence-corrected chi connectivity index (χ3v) is 4.13. The first-order chi connectivity index (χ1) is 11.0. The molecule has 0 radical (unpaired) electrons. The minimum atomic E-state index is -0.411. The molecule has 0 unspecified atom stereocenters. The Labute approximate surface area is 141 Å². The molecule has 0 saturated carbocycles. The SMILES string of the molecule is CCc1nc2ccc(F)cn2c1C(=O)Nc1ccc(Br)cc1C. The smallest absolute Gasteiger partial charge is 0.274 e. The van der Waals surface area contributed by atoms with Gasteiger partial charge in [0.2, 0.25) is 0 Å². The number of pyridine rings is 1. The van der Waals surface area contributed by atoms with Gasteiger partial charge in [0.15, 0.2) is 0 Å². The molecule has 3 rings (SSSR count). The van der Waals surface area contributed by atoms with E-state index < -0.39 is 5.82 Å². The first-order valence-electron chi connectivity index (χ1n) is 7.23. The van der Waals surface area contributed by atoms with Gasteiger partial charge in [-0.3, -0.25) is 9.20 Å². The number of hydrogen-bond acceptors (Lipinski definition) is 2. The Morgan fingerprint density at radius 2 is 2.13 bits per heavy atom. The number of nitrogens with zero attached hydrogens (tertiary/aromatic N) is 2. The molecule has 1 amide bonds. The minimum Gasteiger partial charge on any atom is -0.320 e. The van der Waals surface area contributed by atoms with Gasteiger partial charge >= 0.3 is 0 Å². The summed E-state index contributed by atoms with van der Waals surface area (Å²) in [6.07, 6.45) is 1.87. The van der Waals surface area contributed by atoms with Crippen molar-refractivity contribution >= 4 is 33.2 Å². The first-order valence-corrected chi connectivity index (χ1v) is 8.03. The third kappa shape index (κ3) is 2.99. The molecule has 0 fully saturated rings. The first kappa shape index (κ1) is 15.7. The third-order valence-electron chi connectivity index (χ3n) is 3.64. The van der Waals surface area contributed by atoms with E-state index >= 15 is 0 Å². The summed E-state index contributed by atoms with van der Waals surface area (Å²) < 4.78 is 16.0. The van der Waals surface area contributed by atoms with Gasteiger partial charge in [-0.15, -0.1) is 0 Å². The number of carbonyl (C=O) groups is 1. The molecule has 1 aromatic carbocycles. The lowest BCUT2D eigenvalue weighted by atomic mass is 10.2. The Kier molecular flexibility index (Phi) is 4.17. The fraction of sp³-hybridized carbons (Fsp3) is 0.176. The number of carbonyl (C=O) groups excluding carboxylic acids is 1. The van der Waals surface area contributed by atoms with Crippen molar-refractivity contribution in [3.05, 3.63) is 63.8 Å². The molecule has 0 aliphatic heterocycles. The molecule has 4 nitrogen and oxygen atoms in total. The number of benzene rings is 1. The number of fused-ring (bicyclic) bond motifs is 1. The number of nitrogens with one attached hydrogen (secondary N) is 1. The molecule has 118 valence electrons. The predicted molar refractivity (Wildman–Crippen MR) is 91.4 cm³/mol. The summed E-state index contributed by atoms with van der Waals surface area (Å²) >= 11 is 3.40. The van der Waals surface area contributed by atoms with Crippen LogP contribution in [-0.4, -0.2) is 15.3 Å². The zero-order valence-corrected chi connectivity index (χ0v) is 14.3. The molecule has 0 aliphatic rings. The van der Waals surface area contributed by atoms with Crippen LogP contribution in [0.15, 0.2) is 41.0 Å². The number of aromatic nitrogens is 2. The highest BCUT2D eigenvalue weighted by atomic mass is 79.9. The van der Waals surface area contributed by atoms with Gasteiger partial charge in [0.05, 0.1) is 5.69 Å². The Balaban J connectivity index is 2.04. The Morgan fingerprint density at radius 3 is 2.83 bits per heavy atom. The average Bonchev–Trinajstić information content (AvgIpc) is 2.87. The normalized spacial score (nSPS) is 11.0. The summed E-state index contributed by atoms with van der Waals surface area (Å²) in [5, 5.41) is 2.88. The Morgan fingerprint density at radius 1 is 1.35 bits per heavy atom. The van der Waals surface area contributed by atoms with Crippen LogP contribution < -0.4 is 5.32 Å². The van der Waals surface area contributed by atoms with E-state index in [-0.39, 0.29) is 5.91 Å². The van der Waals surface area contributed by atoms with Crippen LogP contribution in [0.2, 0.25) is 0 Å². The standard InChI is InChI=1S/C17H15BrFN3O/c1-3-13-16(22-9-12(19)5-7-15(22)20-13)17(23)21-14-6-4-11(18)8-10(14)2/h4-9H,3H2,1-2H3,(H,21,23). The van der Waals surface area contributed by atoms with Gasteiger partial charge in [0.1, 0.15) is 17.2 Å². The monoisotopic (exact) mass is 375 g/mol. The fourth-order valence-electron chi connectivity index (χ4n) is 2.50. The molecular weight excluding hydrogens is 361 g/mol. The summed E-state index contributed by atoms with van der Waals surface area (Å²) in [5.74, 6) is -0.711. The zero-order chi connectivity index (χ0) is 16.6. The predicted octanol–water partition coefficient (Wildman–Crippen LogP) is 4.36. The van der Waals surface area contributed by atoms with Gasteiger partial charge in [-0.2, -0.15) is 0 Å². The van der Waals surface area contributed by atoms with Gasteiger partial charge < -0.3 is 5.32 Å². The highest BCUT2D eigenvalue weighted by Crippen LogP contribution is 2.22. The van der Waals surface area contributed by atoms with E-state index in [1.165, 1.54) is 16.7 Å². The lowest BCUT2D eigenvalue weighted by molar-refractivity contribution is 0.102. The number of hydrogen-bond donors (Lipinski definition) is 1. The molecule has 0 spiro atoms. The Bertz CT molecular complexity index is 904. The Hall–Kier alpha value is -2.21. The van der Waals surface area contributed by atoms with E-state index in [4.69, 9.17) is 0 Å². The molecular formula is C17H15BrFN3O. The van der Waals surface area contributed by atoms with Crippen molar-refractivity contribution in [3.8, 4) is 0 Å². The quantitative estimate of drug-likeness (QED) is 0.739. The lowest BCUT2D eigenvalue weighted by Gasteiger charge is -2.09. The summed E-state index contributed by atoms with van der Waals surface area (Å²) in [7, 11) is 0. The summed E-state index contributed by atoms with van der Waals surface area (Å²) in [6.45, 7) is 3.83. The second-order valence-corrected chi connectivity index (χ2v) is 6.17. The molecule has 2 heterocycles. The van der Waals surface area contributed by atoms with Crippen LogP contribution >= 0.6 is 15.9 Å². The number of amides is 1. The van der Waals surface area contributed by atoms with E-state index in [2.05, 4.69) is 26.2 Å². The van der Waals surface area contributed by atoms with Gasteiger partial charge in [-0.05, 0) is 49.2 Å². The summed E-state index contributed by atoms with van der Waals surface area (Å²) in [5.41, 5.74) is 3.21. The van der Waals surface area contributed by atoms with Crippen molar-refractivity contribution in [3.63, 3.8) is 0 Å². The molecule has 0 bridgehead atoms. The van der Waals surface area contributed by atoms with E-state index in [0.717, 1.165) is 10.0 Å². The molecule has 23 heavy (non-hydrogen) atoms. The molecule has 0 atom stereocenters. The maximum atomic E-state index is 13.5. The van der Waals surface area contributed by atoms with E-state index in [1.807, 2.05) is 32.0 Å². The topological polar surface area (TPSA) is 46.4 Å². The second kappa shape index (κ2) is 6.12. The maximum absolute atomic E-state index is 13.5. The number of imidazole rings is 1. The largest absolute Gasteiger partial charge is 0.320 e. The van der Waals surface area contributed by atoms with Crippen LogP contribution in [0.3, 0.4) is 0 Å². The van der Waals surface area contributed by atoms with Crippen molar-refractivity contribution in [1.82, 2.24) is 9.38 Å². The van der Waals surface area contributed by atoms with Gasteiger partial charge in [-0.25, -0.2) is 9.37 Å². The van der Waals surface area contributed by atoms with Crippen LogP contribution in [0.5, 0.6) is 0 Å². The highest BCUT2D eigenvalue weighted by molar-refractivity contribution is 9.10. The van der Waals surface area contributed by atoms with Crippen molar-refractivity contribution in [2.75, 3.05) is 5.32 Å². The van der Waals surface area contributed by atoms with Crippen LogP contribution in [0, 0.1) is 12.7 Å². The van der Waals surface area contributed by atoms with Crippen molar-refractivity contribution in [1.29, 1.82) is 0 Å². The lowest BCUT2D eigenvalue weighted by Crippen LogP contribution is -2.17.